The van der Waals surface area contributed by atoms with E-state index in [1.165, 1.54) is 0 Å². The molecule has 0 aliphatic rings. The van der Waals surface area contributed by atoms with Crippen molar-refractivity contribution in [3.05, 3.63) is 34.9 Å². The molecule has 0 spiro atoms. The third-order valence-electron chi connectivity index (χ3n) is 2.84. The van der Waals surface area contributed by atoms with E-state index < -0.39 is 0 Å². The molecule has 0 radical (unpaired) electrons. The van der Waals surface area contributed by atoms with Crippen molar-refractivity contribution in [2.75, 3.05) is 7.11 Å². The van der Waals surface area contributed by atoms with Crippen LogP contribution in [0, 0.1) is 20.8 Å². The molecule has 0 unspecified atom stereocenters. The lowest BCUT2D eigenvalue weighted by Crippen LogP contribution is -2.08. The second kappa shape index (κ2) is 5.32. The Labute approximate surface area is 112 Å². The summed E-state index contributed by atoms with van der Waals surface area (Å²) in [5.41, 5.74) is 8.69. The Morgan fingerprint density at radius 2 is 1.84 bits per heavy atom. The summed E-state index contributed by atoms with van der Waals surface area (Å²) in [6.07, 6.45) is 0. The first kappa shape index (κ1) is 13.4. The first-order valence-corrected chi connectivity index (χ1v) is 6.12. The summed E-state index contributed by atoms with van der Waals surface area (Å²) in [6.45, 7) is 6.17. The standard InChI is InChI=1S/C14H18N4O/c1-8-5-9(2)13(19-4)11(6-8)14-17-10(3)16-12(7-15)18-14/h5-6H,7,15H2,1-4H3. The van der Waals surface area contributed by atoms with Gasteiger partial charge in [0.15, 0.2) is 5.82 Å². The van der Waals surface area contributed by atoms with Crippen molar-refractivity contribution in [1.29, 1.82) is 0 Å². The zero-order valence-corrected chi connectivity index (χ0v) is 11.7. The lowest BCUT2D eigenvalue weighted by Gasteiger charge is -2.12. The first-order chi connectivity index (χ1) is 9.05. The fourth-order valence-corrected chi connectivity index (χ4v) is 2.14. The molecule has 1 aromatic heterocycles. The Morgan fingerprint density at radius 1 is 1.11 bits per heavy atom. The molecular formula is C14H18N4O. The number of aromatic nitrogens is 3. The number of hydrogen-bond donors (Lipinski definition) is 1. The Kier molecular flexibility index (Phi) is 3.76. The molecule has 5 nitrogen and oxygen atoms in total. The number of methoxy groups -OCH3 is 1. The first-order valence-electron chi connectivity index (χ1n) is 6.12. The summed E-state index contributed by atoms with van der Waals surface area (Å²) in [6, 6.07) is 4.08. The van der Waals surface area contributed by atoms with Crippen molar-refractivity contribution >= 4 is 0 Å². The molecule has 2 rings (SSSR count). The predicted octanol–water partition coefficient (Wildman–Crippen LogP) is 1.93. The summed E-state index contributed by atoms with van der Waals surface area (Å²) >= 11 is 0. The van der Waals surface area contributed by atoms with Crippen LogP contribution < -0.4 is 10.5 Å². The van der Waals surface area contributed by atoms with Gasteiger partial charge in [0.05, 0.1) is 19.2 Å². The number of hydrogen-bond acceptors (Lipinski definition) is 5. The van der Waals surface area contributed by atoms with Gasteiger partial charge in [0.25, 0.3) is 0 Å². The average Bonchev–Trinajstić information content (AvgIpc) is 2.37. The van der Waals surface area contributed by atoms with Crippen molar-refractivity contribution in [3.63, 3.8) is 0 Å². The summed E-state index contributed by atoms with van der Waals surface area (Å²) in [4.78, 5) is 13.0. The van der Waals surface area contributed by atoms with E-state index in [1.807, 2.05) is 26.8 Å². The Bertz CT molecular complexity index is 611. The van der Waals surface area contributed by atoms with Crippen LogP contribution in [0.25, 0.3) is 11.4 Å². The minimum atomic E-state index is 0.295. The van der Waals surface area contributed by atoms with E-state index in [0.717, 1.165) is 22.4 Å². The second-order valence-corrected chi connectivity index (χ2v) is 4.49. The molecule has 0 saturated carbocycles. The molecule has 1 aromatic carbocycles. The van der Waals surface area contributed by atoms with Gasteiger partial charge in [-0.3, -0.25) is 0 Å². The summed E-state index contributed by atoms with van der Waals surface area (Å²) in [5.74, 6) is 2.64. The van der Waals surface area contributed by atoms with Crippen LogP contribution in [0.1, 0.15) is 22.8 Å². The third kappa shape index (κ3) is 2.71. The Morgan fingerprint density at radius 3 is 2.47 bits per heavy atom. The highest BCUT2D eigenvalue weighted by molar-refractivity contribution is 5.67. The van der Waals surface area contributed by atoms with Crippen molar-refractivity contribution in [3.8, 4) is 17.1 Å². The van der Waals surface area contributed by atoms with Crippen molar-refractivity contribution in [1.82, 2.24) is 15.0 Å². The molecule has 2 N–H and O–H groups in total. The Hall–Kier alpha value is -2.01. The number of nitrogens with two attached hydrogens (primary N) is 1. The molecule has 19 heavy (non-hydrogen) atoms. The van der Waals surface area contributed by atoms with E-state index in [1.54, 1.807) is 7.11 Å². The molecule has 1 heterocycles. The number of aryl methyl sites for hydroxylation is 3. The second-order valence-electron chi connectivity index (χ2n) is 4.49. The average molecular weight is 258 g/mol. The van der Waals surface area contributed by atoms with Crippen molar-refractivity contribution < 1.29 is 4.74 Å². The molecule has 0 saturated heterocycles. The fraction of sp³-hybridized carbons (Fsp3) is 0.357. The van der Waals surface area contributed by atoms with Gasteiger partial charge in [-0.15, -0.1) is 0 Å². The van der Waals surface area contributed by atoms with E-state index in [0.29, 0.717) is 24.0 Å². The highest BCUT2D eigenvalue weighted by Crippen LogP contribution is 2.32. The predicted molar refractivity (Wildman–Crippen MR) is 73.9 cm³/mol. The number of rotatable bonds is 3. The maximum atomic E-state index is 5.61. The quantitative estimate of drug-likeness (QED) is 0.910. The minimum absolute atomic E-state index is 0.295. The van der Waals surface area contributed by atoms with Crippen molar-refractivity contribution in [2.45, 2.75) is 27.3 Å². The van der Waals surface area contributed by atoms with Crippen LogP contribution in [0.4, 0.5) is 0 Å². The van der Waals surface area contributed by atoms with Crippen molar-refractivity contribution in [2.24, 2.45) is 5.73 Å². The maximum Gasteiger partial charge on any atom is 0.167 e. The van der Waals surface area contributed by atoms with E-state index in [9.17, 15) is 0 Å². The number of ether oxygens (including phenoxy) is 1. The van der Waals surface area contributed by atoms with Gasteiger partial charge in [-0.1, -0.05) is 6.07 Å². The normalized spacial score (nSPS) is 10.6. The molecule has 0 aliphatic heterocycles. The molecule has 0 aliphatic carbocycles. The van der Waals surface area contributed by atoms with Gasteiger partial charge < -0.3 is 10.5 Å². The third-order valence-corrected chi connectivity index (χ3v) is 2.84. The van der Waals surface area contributed by atoms with Crippen LogP contribution in [-0.2, 0) is 6.54 Å². The SMILES string of the molecule is COc1c(C)cc(C)cc1-c1nc(C)nc(CN)n1. The van der Waals surface area contributed by atoms with Crippen LogP contribution in [0.15, 0.2) is 12.1 Å². The molecule has 0 amide bonds. The molecule has 5 heteroatoms. The van der Waals surface area contributed by atoms with Crippen LogP contribution in [0.5, 0.6) is 5.75 Å². The summed E-state index contributed by atoms with van der Waals surface area (Å²) in [7, 11) is 1.65. The highest BCUT2D eigenvalue weighted by Gasteiger charge is 2.13. The lowest BCUT2D eigenvalue weighted by molar-refractivity contribution is 0.413. The summed E-state index contributed by atoms with van der Waals surface area (Å²) in [5, 5.41) is 0. The van der Waals surface area contributed by atoms with Gasteiger partial charge >= 0.3 is 0 Å². The van der Waals surface area contributed by atoms with E-state index in [4.69, 9.17) is 10.5 Å². The summed E-state index contributed by atoms with van der Waals surface area (Å²) < 4.78 is 5.47. The topological polar surface area (TPSA) is 73.9 Å². The number of nitrogens with zero attached hydrogens (tertiary/aromatic N) is 3. The monoisotopic (exact) mass is 258 g/mol. The highest BCUT2D eigenvalue weighted by atomic mass is 16.5. The number of benzene rings is 1. The fourth-order valence-electron chi connectivity index (χ4n) is 2.14. The van der Waals surface area contributed by atoms with E-state index in [2.05, 4.69) is 21.0 Å². The molecule has 0 bridgehead atoms. The molecular weight excluding hydrogens is 240 g/mol. The molecule has 2 aromatic rings. The molecule has 0 atom stereocenters. The van der Waals surface area contributed by atoms with E-state index >= 15 is 0 Å². The van der Waals surface area contributed by atoms with Gasteiger partial charge in [0.2, 0.25) is 0 Å². The van der Waals surface area contributed by atoms with Gasteiger partial charge in [0, 0.05) is 0 Å². The molecule has 100 valence electrons. The zero-order chi connectivity index (χ0) is 14.0. The van der Waals surface area contributed by atoms with Gasteiger partial charge in [-0.25, -0.2) is 15.0 Å². The van der Waals surface area contributed by atoms with E-state index in [-0.39, 0.29) is 0 Å². The van der Waals surface area contributed by atoms with Crippen LogP contribution in [0.2, 0.25) is 0 Å². The van der Waals surface area contributed by atoms with Gasteiger partial charge in [-0.2, -0.15) is 0 Å². The molecule has 0 fully saturated rings. The van der Waals surface area contributed by atoms with Gasteiger partial charge in [0.1, 0.15) is 17.4 Å². The van der Waals surface area contributed by atoms with Crippen LogP contribution in [-0.4, -0.2) is 22.1 Å². The largest absolute Gasteiger partial charge is 0.496 e. The van der Waals surface area contributed by atoms with Gasteiger partial charge in [-0.05, 0) is 38.0 Å². The Balaban J connectivity index is 2.67. The smallest absolute Gasteiger partial charge is 0.167 e. The maximum absolute atomic E-state index is 5.61. The minimum Gasteiger partial charge on any atom is -0.496 e. The zero-order valence-electron chi connectivity index (χ0n) is 11.7. The van der Waals surface area contributed by atoms with Crippen LogP contribution >= 0.6 is 0 Å². The van der Waals surface area contributed by atoms with Crippen LogP contribution in [0.3, 0.4) is 0 Å². The lowest BCUT2D eigenvalue weighted by atomic mass is 10.0.